The monoisotopic (exact) mass is 250 g/mol. The van der Waals surface area contributed by atoms with E-state index in [0.29, 0.717) is 6.42 Å². The largest absolute Gasteiger partial charge is 0.388 e. The van der Waals surface area contributed by atoms with Gasteiger partial charge in [0.05, 0.1) is 19.3 Å². The summed E-state index contributed by atoms with van der Waals surface area (Å²) in [5.41, 5.74) is 3.45. The third kappa shape index (κ3) is 3.55. The van der Waals surface area contributed by atoms with Gasteiger partial charge in [0.2, 0.25) is 0 Å². The number of rotatable bonds is 4. The van der Waals surface area contributed by atoms with Crippen LogP contribution in [0.4, 0.5) is 0 Å². The van der Waals surface area contributed by atoms with Crippen LogP contribution >= 0.6 is 0 Å². The van der Waals surface area contributed by atoms with E-state index in [-0.39, 0.29) is 6.29 Å². The van der Waals surface area contributed by atoms with Gasteiger partial charge in [-0.15, -0.1) is 0 Å². The molecule has 0 aromatic heterocycles. The van der Waals surface area contributed by atoms with E-state index in [9.17, 15) is 5.11 Å². The molecule has 0 radical (unpaired) electrons. The Morgan fingerprint density at radius 2 is 1.94 bits per heavy atom. The van der Waals surface area contributed by atoms with Crippen LogP contribution in [0.15, 0.2) is 18.2 Å². The first-order valence-corrected chi connectivity index (χ1v) is 6.65. The van der Waals surface area contributed by atoms with Gasteiger partial charge in [0.1, 0.15) is 0 Å². The van der Waals surface area contributed by atoms with Crippen molar-refractivity contribution in [2.24, 2.45) is 0 Å². The van der Waals surface area contributed by atoms with E-state index in [2.05, 4.69) is 26.0 Å². The van der Waals surface area contributed by atoms with E-state index in [1.165, 1.54) is 11.1 Å². The van der Waals surface area contributed by atoms with Gasteiger partial charge in [0.25, 0.3) is 0 Å². The van der Waals surface area contributed by atoms with Crippen molar-refractivity contribution < 1.29 is 14.6 Å². The van der Waals surface area contributed by atoms with Crippen molar-refractivity contribution in [1.29, 1.82) is 0 Å². The average molecular weight is 250 g/mol. The highest BCUT2D eigenvalue weighted by Gasteiger charge is 2.17. The lowest BCUT2D eigenvalue weighted by atomic mass is 10.00. The Labute approximate surface area is 109 Å². The van der Waals surface area contributed by atoms with Gasteiger partial charge in [0, 0.05) is 6.42 Å². The summed E-state index contributed by atoms with van der Waals surface area (Å²) in [4.78, 5) is 0. The Morgan fingerprint density at radius 1 is 1.22 bits per heavy atom. The SMILES string of the molecule is Cc1ccc([C@H](O)CCC2OCCCO2)cc1C. The van der Waals surface area contributed by atoms with Gasteiger partial charge in [-0.05, 0) is 43.4 Å². The van der Waals surface area contributed by atoms with Crippen LogP contribution in [0, 0.1) is 13.8 Å². The summed E-state index contributed by atoms with van der Waals surface area (Å²) in [5.74, 6) is 0. The fraction of sp³-hybridized carbons (Fsp3) is 0.600. The highest BCUT2D eigenvalue weighted by atomic mass is 16.7. The zero-order chi connectivity index (χ0) is 13.0. The highest BCUT2D eigenvalue weighted by molar-refractivity contribution is 5.31. The van der Waals surface area contributed by atoms with Gasteiger partial charge >= 0.3 is 0 Å². The van der Waals surface area contributed by atoms with Gasteiger partial charge in [0.15, 0.2) is 6.29 Å². The summed E-state index contributed by atoms with van der Waals surface area (Å²) in [6.45, 7) is 5.68. The van der Waals surface area contributed by atoms with Gasteiger partial charge in [-0.2, -0.15) is 0 Å². The molecule has 0 aliphatic carbocycles. The number of hydrogen-bond donors (Lipinski definition) is 1. The molecule has 1 aromatic rings. The molecule has 1 aliphatic rings. The topological polar surface area (TPSA) is 38.7 Å². The average Bonchev–Trinajstić information content (AvgIpc) is 2.40. The predicted octanol–water partition coefficient (Wildman–Crippen LogP) is 2.88. The zero-order valence-electron chi connectivity index (χ0n) is 11.2. The van der Waals surface area contributed by atoms with Crippen molar-refractivity contribution in [2.45, 2.75) is 45.5 Å². The third-order valence-electron chi connectivity index (χ3n) is 3.49. The Bertz CT molecular complexity index is 383. The molecule has 1 atom stereocenters. The van der Waals surface area contributed by atoms with Crippen molar-refractivity contribution in [1.82, 2.24) is 0 Å². The Hall–Kier alpha value is -0.900. The molecule has 3 heteroatoms. The predicted molar refractivity (Wildman–Crippen MR) is 70.4 cm³/mol. The fourth-order valence-corrected chi connectivity index (χ4v) is 2.14. The van der Waals surface area contributed by atoms with Gasteiger partial charge in [-0.3, -0.25) is 0 Å². The van der Waals surface area contributed by atoms with E-state index in [0.717, 1.165) is 31.6 Å². The Balaban J connectivity index is 1.86. The summed E-state index contributed by atoms with van der Waals surface area (Å²) in [6.07, 6.45) is 1.82. The maximum Gasteiger partial charge on any atom is 0.157 e. The van der Waals surface area contributed by atoms with E-state index >= 15 is 0 Å². The zero-order valence-corrected chi connectivity index (χ0v) is 11.2. The lowest BCUT2D eigenvalue weighted by Crippen LogP contribution is -2.25. The summed E-state index contributed by atoms with van der Waals surface area (Å²) < 4.78 is 10.9. The van der Waals surface area contributed by atoms with E-state index < -0.39 is 6.10 Å². The maximum absolute atomic E-state index is 10.2. The summed E-state index contributed by atoms with van der Waals surface area (Å²) in [6, 6.07) is 6.11. The lowest BCUT2D eigenvalue weighted by Gasteiger charge is -2.24. The van der Waals surface area contributed by atoms with Crippen LogP contribution in [0.3, 0.4) is 0 Å². The minimum Gasteiger partial charge on any atom is -0.388 e. The molecule has 2 rings (SSSR count). The first-order chi connectivity index (χ1) is 8.66. The van der Waals surface area contributed by atoms with Crippen molar-refractivity contribution in [3.63, 3.8) is 0 Å². The van der Waals surface area contributed by atoms with E-state index in [1.54, 1.807) is 0 Å². The molecule has 1 aliphatic heterocycles. The number of benzene rings is 1. The number of aliphatic hydroxyl groups excluding tert-OH is 1. The first-order valence-electron chi connectivity index (χ1n) is 6.65. The lowest BCUT2D eigenvalue weighted by molar-refractivity contribution is -0.183. The molecular formula is C15H22O3. The molecule has 1 saturated heterocycles. The molecular weight excluding hydrogens is 228 g/mol. The molecule has 0 amide bonds. The summed E-state index contributed by atoms with van der Waals surface area (Å²) in [5, 5.41) is 10.2. The molecule has 1 heterocycles. The Morgan fingerprint density at radius 3 is 2.61 bits per heavy atom. The van der Waals surface area contributed by atoms with Crippen molar-refractivity contribution in [3.8, 4) is 0 Å². The number of hydrogen-bond acceptors (Lipinski definition) is 3. The van der Waals surface area contributed by atoms with E-state index in [4.69, 9.17) is 9.47 Å². The Kier molecular flexibility index (Phi) is 4.75. The quantitative estimate of drug-likeness (QED) is 0.893. The number of aliphatic hydroxyl groups is 1. The molecule has 3 nitrogen and oxygen atoms in total. The standard InChI is InChI=1S/C15H22O3/c1-11-4-5-13(10-12(11)2)14(16)6-7-15-17-8-3-9-18-15/h4-5,10,14-16H,3,6-9H2,1-2H3/t14-/m1/s1. The maximum atomic E-state index is 10.2. The highest BCUT2D eigenvalue weighted by Crippen LogP contribution is 2.23. The van der Waals surface area contributed by atoms with Crippen molar-refractivity contribution in [2.75, 3.05) is 13.2 Å². The van der Waals surface area contributed by atoms with Gasteiger partial charge in [-0.25, -0.2) is 0 Å². The number of aryl methyl sites for hydroxylation is 2. The van der Waals surface area contributed by atoms with Gasteiger partial charge < -0.3 is 14.6 Å². The minimum absolute atomic E-state index is 0.139. The van der Waals surface area contributed by atoms with Crippen molar-refractivity contribution >= 4 is 0 Å². The third-order valence-corrected chi connectivity index (χ3v) is 3.49. The fourth-order valence-electron chi connectivity index (χ4n) is 2.14. The molecule has 0 saturated carbocycles. The van der Waals surface area contributed by atoms with Crippen LogP contribution in [0.2, 0.25) is 0 Å². The smallest absolute Gasteiger partial charge is 0.157 e. The van der Waals surface area contributed by atoms with Crippen LogP contribution in [0.25, 0.3) is 0 Å². The second kappa shape index (κ2) is 6.32. The summed E-state index contributed by atoms with van der Waals surface area (Å²) in [7, 11) is 0. The molecule has 0 spiro atoms. The second-order valence-electron chi connectivity index (χ2n) is 4.96. The second-order valence-corrected chi connectivity index (χ2v) is 4.96. The molecule has 1 aromatic carbocycles. The van der Waals surface area contributed by atoms with Crippen LogP contribution in [0.1, 0.15) is 42.1 Å². The van der Waals surface area contributed by atoms with E-state index in [1.807, 2.05) is 6.07 Å². The molecule has 1 fully saturated rings. The van der Waals surface area contributed by atoms with Crippen LogP contribution in [-0.4, -0.2) is 24.6 Å². The van der Waals surface area contributed by atoms with Gasteiger partial charge in [-0.1, -0.05) is 18.2 Å². The van der Waals surface area contributed by atoms with Crippen LogP contribution in [-0.2, 0) is 9.47 Å². The van der Waals surface area contributed by atoms with Crippen molar-refractivity contribution in [3.05, 3.63) is 34.9 Å². The number of ether oxygens (including phenoxy) is 2. The van der Waals surface area contributed by atoms with Crippen LogP contribution in [0.5, 0.6) is 0 Å². The molecule has 100 valence electrons. The first kappa shape index (κ1) is 13.5. The van der Waals surface area contributed by atoms with Crippen LogP contribution < -0.4 is 0 Å². The molecule has 1 N–H and O–H groups in total. The molecule has 0 bridgehead atoms. The molecule has 0 unspecified atom stereocenters. The summed E-state index contributed by atoms with van der Waals surface area (Å²) >= 11 is 0. The normalized spacial score (nSPS) is 18.8. The molecule has 18 heavy (non-hydrogen) atoms. The minimum atomic E-state index is -0.432.